The summed E-state index contributed by atoms with van der Waals surface area (Å²) in [5.74, 6) is 0.650. The van der Waals surface area contributed by atoms with Gasteiger partial charge in [0.1, 0.15) is 0 Å². The molecule has 0 spiro atoms. The second-order valence-electron chi connectivity index (χ2n) is 3.64. The number of nitrogens with two attached hydrogens (primary N) is 1. The fraction of sp³-hybridized carbons (Fsp3) is 0.250. The minimum atomic E-state index is 0.157. The summed E-state index contributed by atoms with van der Waals surface area (Å²) in [5.41, 5.74) is 7.44. The summed E-state index contributed by atoms with van der Waals surface area (Å²) < 4.78 is 0. The second-order valence-corrected chi connectivity index (χ2v) is 4.66. The first kappa shape index (κ1) is 11.1. The number of anilines is 2. The van der Waals surface area contributed by atoms with E-state index in [0.29, 0.717) is 12.3 Å². The molecule has 0 radical (unpaired) electrons. The lowest BCUT2D eigenvalue weighted by Crippen LogP contribution is -2.35. The number of benzene rings is 1. The Morgan fingerprint density at radius 3 is 3.12 bits per heavy atom. The monoisotopic (exact) mass is 234 g/mol. The highest BCUT2D eigenvalue weighted by atomic mass is 32.2. The quantitative estimate of drug-likeness (QED) is 0.644. The van der Waals surface area contributed by atoms with Gasteiger partial charge in [-0.05, 0) is 24.6 Å². The highest BCUT2D eigenvalue weighted by Gasteiger charge is 2.23. The molecule has 4 heteroatoms. The summed E-state index contributed by atoms with van der Waals surface area (Å²) in [6, 6.07) is 5.67. The zero-order valence-corrected chi connectivity index (χ0v) is 9.80. The molecule has 0 saturated carbocycles. The normalized spacial score (nSPS) is 14.8. The molecule has 1 aliphatic heterocycles. The van der Waals surface area contributed by atoms with E-state index in [4.69, 9.17) is 5.73 Å². The van der Waals surface area contributed by atoms with Crippen molar-refractivity contribution in [1.82, 2.24) is 0 Å². The van der Waals surface area contributed by atoms with Gasteiger partial charge in [-0.25, -0.2) is 0 Å². The molecule has 0 unspecified atom stereocenters. The first-order valence-electron chi connectivity index (χ1n) is 5.16. The van der Waals surface area contributed by atoms with Crippen LogP contribution in [0, 0.1) is 0 Å². The number of amides is 1. The number of fused-ring (bicyclic) bond motifs is 1. The maximum Gasteiger partial charge on any atom is 0.237 e. The standard InChI is InChI=1S/C12H14N2OS/c1-2-3-6-14-10-5-4-9(13)7-11(10)16-8-12(14)15/h2,4-5,7H,1,3,6,8,13H2. The van der Waals surface area contributed by atoms with Gasteiger partial charge in [-0.1, -0.05) is 6.08 Å². The van der Waals surface area contributed by atoms with E-state index >= 15 is 0 Å². The number of thioether (sulfide) groups is 1. The lowest BCUT2D eigenvalue weighted by Gasteiger charge is -2.28. The average molecular weight is 234 g/mol. The number of nitrogen functional groups attached to an aromatic ring is 1. The van der Waals surface area contributed by atoms with E-state index in [1.165, 1.54) is 0 Å². The molecule has 3 nitrogen and oxygen atoms in total. The number of carbonyl (C=O) groups excluding carboxylic acids is 1. The number of hydrogen-bond acceptors (Lipinski definition) is 3. The molecule has 2 N–H and O–H groups in total. The Hall–Kier alpha value is -1.42. The molecule has 0 atom stereocenters. The molecule has 16 heavy (non-hydrogen) atoms. The molecule has 84 valence electrons. The van der Waals surface area contributed by atoms with Crippen LogP contribution in [0.4, 0.5) is 11.4 Å². The Kier molecular flexibility index (Phi) is 3.19. The summed E-state index contributed by atoms with van der Waals surface area (Å²) >= 11 is 1.55. The van der Waals surface area contributed by atoms with E-state index in [-0.39, 0.29) is 5.91 Å². The van der Waals surface area contributed by atoms with Crippen molar-refractivity contribution in [3.8, 4) is 0 Å². The van der Waals surface area contributed by atoms with E-state index in [1.54, 1.807) is 11.8 Å². The van der Waals surface area contributed by atoms with Gasteiger partial charge in [0, 0.05) is 17.1 Å². The third-order valence-corrected chi connectivity index (χ3v) is 3.51. The summed E-state index contributed by atoms with van der Waals surface area (Å²) in [7, 11) is 0. The van der Waals surface area contributed by atoms with Crippen molar-refractivity contribution in [2.75, 3.05) is 22.9 Å². The number of rotatable bonds is 3. The first-order chi connectivity index (χ1) is 7.72. The topological polar surface area (TPSA) is 46.3 Å². The van der Waals surface area contributed by atoms with Crippen LogP contribution >= 0.6 is 11.8 Å². The predicted molar refractivity (Wildman–Crippen MR) is 68.7 cm³/mol. The van der Waals surface area contributed by atoms with E-state index in [2.05, 4.69) is 6.58 Å². The minimum absolute atomic E-state index is 0.157. The molecule has 0 aromatic heterocycles. The van der Waals surface area contributed by atoms with Crippen LogP contribution in [0.5, 0.6) is 0 Å². The number of nitrogens with zero attached hydrogens (tertiary/aromatic N) is 1. The van der Waals surface area contributed by atoms with Gasteiger partial charge in [-0.3, -0.25) is 4.79 Å². The van der Waals surface area contributed by atoms with Crippen LogP contribution in [0.25, 0.3) is 0 Å². The number of hydrogen-bond donors (Lipinski definition) is 1. The molecule has 0 bridgehead atoms. The molecule has 0 fully saturated rings. The van der Waals surface area contributed by atoms with E-state index in [1.807, 2.05) is 29.2 Å². The fourth-order valence-electron chi connectivity index (χ4n) is 1.69. The first-order valence-corrected chi connectivity index (χ1v) is 6.14. The molecule has 0 saturated heterocycles. The predicted octanol–water partition coefficient (Wildman–Crippen LogP) is 2.28. The van der Waals surface area contributed by atoms with Gasteiger partial charge >= 0.3 is 0 Å². The molecular formula is C12H14N2OS. The molecule has 1 aliphatic rings. The third kappa shape index (κ3) is 2.07. The van der Waals surface area contributed by atoms with Gasteiger partial charge in [-0.15, -0.1) is 18.3 Å². The van der Waals surface area contributed by atoms with Crippen molar-refractivity contribution in [1.29, 1.82) is 0 Å². The van der Waals surface area contributed by atoms with Gasteiger partial charge in [0.2, 0.25) is 5.91 Å². The van der Waals surface area contributed by atoms with Crippen LogP contribution in [0.3, 0.4) is 0 Å². The number of carbonyl (C=O) groups is 1. The highest BCUT2D eigenvalue weighted by Crippen LogP contribution is 2.36. The maximum absolute atomic E-state index is 11.8. The lowest BCUT2D eigenvalue weighted by molar-refractivity contribution is -0.116. The summed E-state index contributed by atoms with van der Waals surface area (Å²) in [5, 5.41) is 0. The minimum Gasteiger partial charge on any atom is -0.399 e. The molecule has 1 amide bonds. The van der Waals surface area contributed by atoms with Gasteiger partial charge in [0.25, 0.3) is 0 Å². The van der Waals surface area contributed by atoms with Crippen molar-refractivity contribution in [2.45, 2.75) is 11.3 Å². The lowest BCUT2D eigenvalue weighted by atomic mass is 10.2. The van der Waals surface area contributed by atoms with Crippen molar-refractivity contribution in [2.24, 2.45) is 0 Å². The summed E-state index contributed by atoms with van der Waals surface area (Å²) in [6.07, 6.45) is 2.63. The van der Waals surface area contributed by atoms with Crippen LogP contribution in [-0.2, 0) is 4.79 Å². The Labute approximate surface area is 99.3 Å². The van der Waals surface area contributed by atoms with E-state index in [9.17, 15) is 4.79 Å². The Morgan fingerprint density at radius 2 is 2.38 bits per heavy atom. The molecule has 1 aromatic carbocycles. The maximum atomic E-state index is 11.8. The Morgan fingerprint density at radius 1 is 1.56 bits per heavy atom. The van der Waals surface area contributed by atoms with Crippen molar-refractivity contribution >= 4 is 29.0 Å². The second kappa shape index (κ2) is 4.61. The summed E-state index contributed by atoms with van der Waals surface area (Å²) in [4.78, 5) is 14.7. The van der Waals surface area contributed by atoms with Crippen LogP contribution in [-0.4, -0.2) is 18.2 Å². The third-order valence-electron chi connectivity index (χ3n) is 2.48. The average Bonchev–Trinajstić information content (AvgIpc) is 2.28. The Balaban J connectivity index is 2.32. The molecule has 1 heterocycles. The van der Waals surface area contributed by atoms with Crippen molar-refractivity contribution < 1.29 is 4.79 Å². The van der Waals surface area contributed by atoms with Crippen LogP contribution in [0.2, 0.25) is 0 Å². The fourth-order valence-corrected chi connectivity index (χ4v) is 2.67. The van der Waals surface area contributed by atoms with E-state index in [0.717, 1.165) is 22.7 Å². The smallest absolute Gasteiger partial charge is 0.237 e. The molecule has 2 rings (SSSR count). The summed E-state index contributed by atoms with van der Waals surface area (Å²) in [6.45, 7) is 4.37. The highest BCUT2D eigenvalue weighted by molar-refractivity contribution is 8.00. The van der Waals surface area contributed by atoms with Crippen molar-refractivity contribution in [3.63, 3.8) is 0 Å². The van der Waals surface area contributed by atoms with Gasteiger partial charge < -0.3 is 10.6 Å². The van der Waals surface area contributed by atoms with Crippen LogP contribution in [0.1, 0.15) is 6.42 Å². The van der Waals surface area contributed by atoms with Crippen LogP contribution in [0.15, 0.2) is 35.7 Å². The SMILES string of the molecule is C=CCCN1C(=O)CSc2cc(N)ccc21. The molecular weight excluding hydrogens is 220 g/mol. The van der Waals surface area contributed by atoms with E-state index < -0.39 is 0 Å². The largest absolute Gasteiger partial charge is 0.399 e. The van der Waals surface area contributed by atoms with Crippen LogP contribution < -0.4 is 10.6 Å². The zero-order chi connectivity index (χ0) is 11.5. The van der Waals surface area contributed by atoms with Gasteiger partial charge in [0.05, 0.1) is 11.4 Å². The molecule has 1 aromatic rings. The zero-order valence-electron chi connectivity index (χ0n) is 8.98. The van der Waals surface area contributed by atoms with Crippen molar-refractivity contribution in [3.05, 3.63) is 30.9 Å². The Bertz CT molecular complexity index is 431. The van der Waals surface area contributed by atoms with Gasteiger partial charge in [0.15, 0.2) is 0 Å². The van der Waals surface area contributed by atoms with Gasteiger partial charge in [-0.2, -0.15) is 0 Å². The molecule has 0 aliphatic carbocycles.